The van der Waals surface area contributed by atoms with Crippen LogP contribution in [0.2, 0.25) is 0 Å². The molecular formula is C14H23N3O. The zero-order valence-electron chi connectivity index (χ0n) is 11.8. The SMILES string of the molecule is Cn1nc(C(C)(C)C)cc1CC(=O)[C@@H]1CCCN1. The lowest BCUT2D eigenvalue weighted by atomic mass is 9.92. The molecule has 1 aliphatic rings. The van der Waals surface area contributed by atoms with Gasteiger partial charge in [-0.2, -0.15) is 5.10 Å². The summed E-state index contributed by atoms with van der Waals surface area (Å²) in [6.45, 7) is 7.38. The van der Waals surface area contributed by atoms with Crippen LogP contribution in [0.3, 0.4) is 0 Å². The maximum Gasteiger partial charge on any atom is 0.155 e. The summed E-state index contributed by atoms with van der Waals surface area (Å²) in [5.41, 5.74) is 2.09. The molecule has 2 rings (SSSR count). The third-order valence-corrected chi connectivity index (χ3v) is 3.55. The number of hydrogen-bond acceptors (Lipinski definition) is 3. The molecule has 1 atom stereocenters. The Morgan fingerprint density at radius 3 is 2.78 bits per heavy atom. The van der Waals surface area contributed by atoms with Crippen LogP contribution >= 0.6 is 0 Å². The Balaban J connectivity index is 2.09. The van der Waals surface area contributed by atoms with Crippen molar-refractivity contribution in [3.05, 3.63) is 17.5 Å². The highest BCUT2D eigenvalue weighted by molar-refractivity contribution is 5.86. The van der Waals surface area contributed by atoms with Crippen molar-refractivity contribution in [2.45, 2.75) is 51.5 Å². The average molecular weight is 249 g/mol. The molecule has 1 aromatic heterocycles. The molecule has 4 nitrogen and oxygen atoms in total. The summed E-state index contributed by atoms with van der Waals surface area (Å²) in [5, 5.41) is 7.76. The Bertz CT molecular complexity index is 436. The third kappa shape index (κ3) is 2.80. The van der Waals surface area contributed by atoms with Gasteiger partial charge < -0.3 is 5.32 Å². The van der Waals surface area contributed by atoms with Gasteiger partial charge in [-0.15, -0.1) is 0 Å². The van der Waals surface area contributed by atoms with E-state index in [2.05, 4.69) is 37.3 Å². The highest BCUT2D eigenvalue weighted by Gasteiger charge is 2.24. The van der Waals surface area contributed by atoms with Crippen LogP contribution in [-0.4, -0.2) is 28.2 Å². The van der Waals surface area contributed by atoms with E-state index in [1.807, 2.05) is 11.7 Å². The van der Waals surface area contributed by atoms with E-state index in [0.717, 1.165) is 30.8 Å². The van der Waals surface area contributed by atoms with E-state index in [1.54, 1.807) is 0 Å². The van der Waals surface area contributed by atoms with Crippen molar-refractivity contribution in [2.24, 2.45) is 7.05 Å². The van der Waals surface area contributed by atoms with Crippen LogP contribution in [0.4, 0.5) is 0 Å². The molecule has 1 N–H and O–H groups in total. The van der Waals surface area contributed by atoms with Gasteiger partial charge in [0.25, 0.3) is 0 Å². The molecule has 1 aliphatic heterocycles. The molecule has 0 aliphatic carbocycles. The van der Waals surface area contributed by atoms with Crippen LogP contribution in [0.1, 0.15) is 45.0 Å². The van der Waals surface area contributed by atoms with Crippen molar-refractivity contribution in [3.63, 3.8) is 0 Å². The third-order valence-electron chi connectivity index (χ3n) is 3.55. The van der Waals surface area contributed by atoms with Crippen molar-refractivity contribution in [1.29, 1.82) is 0 Å². The predicted molar refractivity (Wildman–Crippen MR) is 71.6 cm³/mol. The number of nitrogens with one attached hydrogen (secondary N) is 1. The fraction of sp³-hybridized carbons (Fsp3) is 0.714. The average Bonchev–Trinajstić information content (AvgIpc) is 2.87. The maximum atomic E-state index is 12.1. The fourth-order valence-electron chi connectivity index (χ4n) is 2.30. The standard InChI is InChI=1S/C14H23N3O/c1-14(2,3)13-9-10(17(4)16-13)8-12(18)11-6-5-7-15-11/h9,11,15H,5-8H2,1-4H3/t11-/m0/s1. The zero-order valence-corrected chi connectivity index (χ0v) is 11.8. The van der Waals surface area contributed by atoms with E-state index in [9.17, 15) is 4.79 Å². The summed E-state index contributed by atoms with van der Waals surface area (Å²) < 4.78 is 1.84. The molecule has 18 heavy (non-hydrogen) atoms. The monoisotopic (exact) mass is 249 g/mol. The van der Waals surface area contributed by atoms with Gasteiger partial charge in [-0.05, 0) is 25.5 Å². The zero-order chi connectivity index (χ0) is 13.3. The Labute approximate surface area is 109 Å². The van der Waals surface area contributed by atoms with Crippen molar-refractivity contribution in [2.75, 3.05) is 6.54 Å². The number of carbonyl (C=O) groups excluding carboxylic acids is 1. The molecule has 0 radical (unpaired) electrons. The van der Waals surface area contributed by atoms with E-state index in [4.69, 9.17) is 0 Å². The number of aryl methyl sites for hydroxylation is 1. The highest BCUT2D eigenvalue weighted by Crippen LogP contribution is 2.22. The van der Waals surface area contributed by atoms with Gasteiger partial charge in [-0.3, -0.25) is 9.48 Å². The second-order valence-electron chi connectivity index (χ2n) is 6.19. The Morgan fingerprint density at radius 1 is 1.56 bits per heavy atom. The van der Waals surface area contributed by atoms with Gasteiger partial charge in [-0.1, -0.05) is 20.8 Å². The first-order valence-electron chi connectivity index (χ1n) is 6.67. The number of nitrogens with zero attached hydrogens (tertiary/aromatic N) is 2. The molecule has 4 heteroatoms. The molecule has 2 heterocycles. The fourth-order valence-corrected chi connectivity index (χ4v) is 2.30. The number of ketones is 1. The molecular weight excluding hydrogens is 226 g/mol. The maximum absolute atomic E-state index is 12.1. The van der Waals surface area contributed by atoms with Gasteiger partial charge in [0.1, 0.15) is 0 Å². The van der Waals surface area contributed by atoms with E-state index in [-0.39, 0.29) is 17.2 Å². The lowest BCUT2D eigenvalue weighted by Crippen LogP contribution is -2.32. The van der Waals surface area contributed by atoms with Crippen LogP contribution in [0.25, 0.3) is 0 Å². The van der Waals surface area contributed by atoms with Crippen LogP contribution in [-0.2, 0) is 23.7 Å². The lowest BCUT2D eigenvalue weighted by molar-refractivity contribution is -0.120. The minimum atomic E-state index is 0.0324. The molecule has 0 spiro atoms. The molecule has 1 aromatic rings. The van der Waals surface area contributed by atoms with Crippen molar-refractivity contribution in [1.82, 2.24) is 15.1 Å². The first-order chi connectivity index (χ1) is 8.38. The second-order valence-corrected chi connectivity index (χ2v) is 6.19. The molecule has 100 valence electrons. The minimum Gasteiger partial charge on any atom is -0.307 e. The Morgan fingerprint density at radius 2 is 2.28 bits per heavy atom. The summed E-state index contributed by atoms with van der Waals surface area (Å²) >= 11 is 0. The van der Waals surface area contributed by atoms with E-state index < -0.39 is 0 Å². The molecule has 0 bridgehead atoms. The van der Waals surface area contributed by atoms with Crippen LogP contribution in [0.15, 0.2) is 6.07 Å². The molecule has 0 saturated carbocycles. The molecule has 1 saturated heterocycles. The van der Waals surface area contributed by atoms with E-state index in [1.165, 1.54) is 0 Å². The summed E-state index contributed by atoms with van der Waals surface area (Å²) in [6.07, 6.45) is 2.56. The first kappa shape index (κ1) is 13.3. The van der Waals surface area contributed by atoms with Crippen molar-refractivity contribution < 1.29 is 4.79 Å². The summed E-state index contributed by atoms with van der Waals surface area (Å²) in [6, 6.07) is 2.12. The first-order valence-corrected chi connectivity index (χ1v) is 6.67. The normalized spacial score (nSPS) is 20.3. The van der Waals surface area contributed by atoms with Crippen LogP contribution in [0.5, 0.6) is 0 Å². The molecule has 0 aromatic carbocycles. The number of aromatic nitrogens is 2. The molecule has 1 fully saturated rings. The summed E-state index contributed by atoms with van der Waals surface area (Å²) in [7, 11) is 1.92. The molecule has 0 unspecified atom stereocenters. The van der Waals surface area contributed by atoms with E-state index >= 15 is 0 Å². The van der Waals surface area contributed by atoms with Crippen LogP contribution < -0.4 is 5.32 Å². The topological polar surface area (TPSA) is 46.9 Å². The van der Waals surface area contributed by atoms with Gasteiger partial charge in [0.15, 0.2) is 5.78 Å². The largest absolute Gasteiger partial charge is 0.307 e. The summed E-state index contributed by atoms with van der Waals surface area (Å²) in [4.78, 5) is 12.1. The van der Waals surface area contributed by atoms with Crippen molar-refractivity contribution >= 4 is 5.78 Å². The smallest absolute Gasteiger partial charge is 0.155 e. The van der Waals surface area contributed by atoms with Gasteiger partial charge in [0.05, 0.1) is 11.7 Å². The number of Topliss-reactive ketones (excluding diaryl/α,β-unsaturated/α-hetero) is 1. The second kappa shape index (κ2) is 4.84. The van der Waals surface area contributed by atoms with Gasteiger partial charge in [-0.25, -0.2) is 0 Å². The number of hydrogen-bond donors (Lipinski definition) is 1. The minimum absolute atomic E-state index is 0.0324. The highest BCUT2D eigenvalue weighted by atomic mass is 16.1. The van der Waals surface area contributed by atoms with E-state index in [0.29, 0.717) is 6.42 Å². The number of rotatable bonds is 3. The van der Waals surface area contributed by atoms with Crippen molar-refractivity contribution in [3.8, 4) is 0 Å². The van der Waals surface area contributed by atoms with Gasteiger partial charge >= 0.3 is 0 Å². The predicted octanol–water partition coefficient (Wildman–Crippen LogP) is 1.58. The van der Waals surface area contributed by atoms with Gasteiger partial charge in [0.2, 0.25) is 0 Å². The Hall–Kier alpha value is -1.16. The quantitative estimate of drug-likeness (QED) is 0.884. The van der Waals surface area contributed by atoms with Gasteiger partial charge in [0, 0.05) is 24.6 Å². The number of carbonyl (C=O) groups is 1. The Kier molecular flexibility index (Phi) is 3.57. The molecule has 0 amide bonds. The summed E-state index contributed by atoms with van der Waals surface area (Å²) in [5.74, 6) is 0.288. The van der Waals surface area contributed by atoms with Crippen LogP contribution in [0, 0.1) is 0 Å². The lowest BCUT2D eigenvalue weighted by Gasteiger charge is -2.13.